The summed E-state index contributed by atoms with van der Waals surface area (Å²) in [7, 11) is 0. The van der Waals surface area contributed by atoms with Crippen molar-refractivity contribution in [3.63, 3.8) is 0 Å². The number of furan rings is 1. The molecule has 3 heterocycles. The molecule has 0 saturated carbocycles. The van der Waals surface area contributed by atoms with Gasteiger partial charge in [0.25, 0.3) is 0 Å². The Morgan fingerprint density at radius 2 is 1.61 bits per heavy atom. The summed E-state index contributed by atoms with van der Waals surface area (Å²) in [6.07, 6.45) is 5.31. The van der Waals surface area contributed by atoms with Gasteiger partial charge in [0, 0.05) is 10.9 Å². The van der Waals surface area contributed by atoms with E-state index < -0.39 is 0 Å². The van der Waals surface area contributed by atoms with E-state index in [4.69, 9.17) is 9.15 Å². The van der Waals surface area contributed by atoms with Gasteiger partial charge in [-0.15, -0.1) is 0 Å². The van der Waals surface area contributed by atoms with Crippen molar-refractivity contribution in [3.05, 3.63) is 82.4 Å². The van der Waals surface area contributed by atoms with Gasteiger partial charge in [0.1, 0.15) is 11.3 Å². The topological polar surface area (TPSA) is 25.6 Å². The van der Waals surface area contributed by atoms with Crippen molar-refractivity contribution in [2.45, 2.75) is 46.0 Å². The molecular formula is C28H27NO2. The molecule has 0 saturated heterocycles. The third-order valence-corrected chi connectivity index (χ3v) is 6.63. The van der Waals surface area contributed by atoms with E-state index >= 15 is 0 Å². The maximum Gasteiger partial charge on any atom is 0.209 e. The van der Waals surface area contributed by atoms with E-state index in [1.54, 1.807) is 0 Å². The number of ether oxygens (including phenoxy) is 1. The molecule has 0 radical (unpaired) electrons. The van der Waals surface area contributed by atoms with E-state index in [0.29, 0.717) is 0 Å². The van der Waals surface area contributed by atoms with E-state index in [9.17, 15) is 0 Å². The lowest BCUT2D eigenvalue weighted by molar-refractivity contribution is 0.289. The predicted octanol–water partition coefficient (Wildman–Crippen LogP) is 7.33. The van der Waals surface area contributed by atoms with E-state index in [1.807, 2.05) is 0 Å². The summed E-state index contributed by atoms with van der Waals surface area (Å²) in [5, 5.41) is 1.24. The molecule has 0 spiro atoms. The molecule has 0 amide bonds. The highest BCUT2D eigenvalue weighted by atomic mass is 16.5. The van der Waals surface area contributed by atoms with E-state index in [2.05, 4.69) is 73.3 Å². The summed E-state index contributed by atoms with van der Waals surface area (Å²) in [5.41, 5.74) is 9.77. The first-order chi connectivity index (χ1) is 15.2. The predicted molar refractivity (Wildman–Crippen MR) is 126 cm³/mol. The van der Waals surface area contributed by atoms with Crippen LogP contribution in [0.1, 0.15) is 40.7 Å². The van der Waals surface area contributed by atoms with Gasteiger partial charge in [0.15, 0.2) is 0 Å². The van der Waals surface area contributed by atoms with Gasteiger partial charge < -0.3 is 9.15 Å². The molecule has 4 aromatic rings. The molecule has 2 aliphatic rings. The van der Waals surface area contributed by atoms with Crippen LogP contribution in [0.3, 0.4) is 0 Å². The molecule has 0 atom stereocenters. The normalized spacial score (nSPS) is 15.5. The van der Waals surface area contributed by atoms with Gasteiger partial charge in [0.2, 0.25) is 5.88 Å². The SMILES string of the molecule is Cc1ccc2c(c1)CCCc1c(oc3ccc(C)cc13)N2c1cccc2c1OCCC2. The Labute approximate surface area is 183 Å². The third-order valence-electron chi connectivity index (χ3n) is 6.63. The van der Waals surface area contributed by atoms with Crippen LogP contribution in [0, 0.1) is 13.8 Å². The average Bonchev–Trinajstić information content (AvgIpc) is 3.11. The number of aryl methyl sites for hydroxylation is 5. The monoisotopic (exact) mass is 409 g/mol. The van der Waals surface area contributed by atoms with Gasteiger partial charge in [0.05, 0.1) is 18.0 Å². The summed E-state index contributed by atoms with van der Waals surface area (Å²) in [4.78, 5) is 2.32. The van der Waals surface area contributed by atoms with Crippen molar-refractivity contribution in [1.82, 2.24) is 0 Å². The minimum atomic E-state index is 0.769. The van der Waals surface area contributed by atoms with Crippen LogP contribution in [0.2, 0.25) is 0 Å². The van der Waals surface area contributed by atoms with E-state index in [1.165, 1.54) is 38.9 Å². The second-order valence-corrected chi connectivity index (χ2v) is 8.92. The molecule has 1 aromatic heterocycles. The zero-order valence-electron chi connectivity index (χ0n) is 18.2. The van der Waals surface area contributed by atoms with Crippen molar-refractivity contribution in [1.29, 1.82) is 0 Å². The van der Waals surface area contributed by atoms with Gasteiger partial charge in [-0.2, -0.15) is 0 Å². The number of rotatable bonds is 1. The molecular weight excluding hydrogens is 382 g/mol. The molecule has 2 aliphatic heterocycles. The summed E-state index contributed by atoms with van der Waals surface area (Å²) in [6.45, 7) is 5.09. The van der Waals surface area contributed by atoms with E-state index in [-0.39, 0.29) is 0 Å². The lowest BCUT2D eigenvalue weighted by atomic mass is 9.95. The first kappa shape index (κ1) is 18.6. The Balaban J connectivity index is 1.67. The first-order valence-corrected chi connectivity index (χ1v) is 11.4. The molecule has 3 nitrogen and oxygen atoms in total. The van der Waals surface area contributed by atoms with Crippen molar-refractivity contribution < 1.29 is 9.15 Å². The number of benzene rings is 3. The molecule has 31 heavy (non-hydrogen) atoms. The van der Waals surface area contributed by atoms with Crippen LogP contribution in [-0.4, -0.2) is 6.61 Å². The fraction of sp³-hybridized carbons (Fsp3) is 0.286. The zero-order chi connectivity index (χ0) is 20.9. The van der Waals surface area contributed by atoms with Gasteiger partial charge in [-0.1, -0.05) is 41.5 Å². The third kappa shape index (κ3) is 3.03. The highest BCUT2D eigenvalue weighted by Gasteiger charge is 2.29. The van der Waals surface area contributed by atoms with Crippen LogP contribution >= 0.6 is 0 Å². The van der Waals surface area contributed by atoms with Crippen LogP contribution in [0.15, 0.2) is 59.0 Å². The van der Waals surface area contributed by atoms with E-state index in [0.717, 1.165) is 61.6 Å². The molecule has 3 aromatic carbocycles. The Morgan fingerprint density at radius 1 is 0.774 bits per heavy atom. The maximum absolute atomic E-state index is 6.60. The van der Waals surface area contributed by atoms with Crippen LogP contribution in [0.5, 0.6) is 5.75 Å². The molecule has 0 N–H and O–H groups in total. The second kappa shape index (κ2) is 7.19. The summed E-state index contributed by atoms with van der Waals surface area (Å²) in [5.74, 6) is 1.94. The minimum absolute atomic E-state index is 0.769. The molecule has 156 valence electrons. The molecule has 0 bridgehead atoms. The Hall–Kier alpha value is -3.20. The fourth-order valence-electron chi connectivity index (χ4n) is 5.16. The Morgan fingerprint density at radius 3 is 2.55 bits per heavy atom. The van der Waals surface area contributed by atoms with Gasteiger partial charge in [-0.05, 0) is 81.3 Å². The zero-order valence-corrected chi connectivity index (χ0v) is 18.2. The fourth-order valence-corrected chi connectivity index (χ4v) is 5.16. The quantitative estimate of drug-likeness (QED) is 0.329. The highest BCUT2D eigenvalue weighted by molar-refractivity contribution is 5.92. The number of anilines is 3. The lowest BCUT2D eigenvalue weighted by Gasteiger charge is -2.31. The van der Waals surface area contributed by atoms with Crippen LogP contribution in [0.4, 0.5) is 17.3 Å². The number of para-hydroxylation sites is 1. The lowest BCUT2D eigenvalue weighted by Crippen LogP contribution is -2.18. The van der Waals surface area contributed by atoms with Gasteiger partial charge in [-0.3, -0.25) is 4.90 Å². The van der Waals surface area contributed by atoms with Crippen LogP contribution in [-0.2, 0) is 19.3 Å². The summed E-state index contributed by atoms with van der Waals surface area (Å²) < 4.78 is 12.8. The molecule has 0 aliphatic carbocycles. The van der Waals surface area contributed by atoms with Crippen LogP contribution < -0.4 is 9.64 Å². The number of nitrogens with zero attached hydrogens (tertiary/aromatic N) is 1. The summed E-state index contributed by atoms with van der Waals surface area (Å²) in [6, 6.07) is 19.8. The van der Waals surface area contributed by atoms with Crippen LogP contribution in [0.25, 0.3) is 11.0 Å². The van der Waals surface area contributed by atoms with Crippen molar-refractivity contribution in [3.8, 4) is 5.75 Å². The van der Waals surface area contributed by atoms with Gasteiger partial charge in [-0.25, -0.2) is 0 Å². The van der Waals surface area contributed by atoms with Crippen molar-refractivity contribution in [2.24, 2.45) is 0 Å². The van der Waals surface area contributed by atoms with Gasteiger partial charge >= 0.3 is 0 Å². The molecule has 3 heteroatoms. The largest absolute Gasteiger partial charge is 0.491 e. The first-order valence-electron chi connectivity index (χ1n) is 11.4. The molecule has 0 fully saturated rings. The molecule has 0 unspecified atom stereocenters. The average molecular weight is 410 g/mol. The maximum atomic E-state index is 6.60. The Kier molecular flexibility index (Phi) is 4.31. The number of hydrogen-bond acceptors (Lipinski definition) is 3. The second-order valence-electron chi connectivity index (χ2n) is 8.92. The smallest absolute Gasteiger partial charge is 0.209 e. The Bertz CT molecular complexity index is 1300. The molecule has 6 rings (SSSR count). The highest BCUT2D eigenvalue weighted by Crippen LogP contribution is 2.49. The number of hydrogen-bond donors (Lipinski definition) is 0. The minimum Gasteiger partial charge on any atom is -0.491 e. The van der Waals surface area contributed by atoms with Crippen molar-refractivity contribution in [2.75, 3.05) is 11.5 Å². The summed E-state index contributed by atoms with van der Waals surface area (Å²) >= 11 is 0. The van der Waals surface area contributed by atoms with Crippen molar-refractivity contribution >= 4 is 28.2 Å². The standard InChI is InChI=1S/C28H27NO2/c1-18-11-13-24-21(16-18)7-3-9-22-23-17-19(2)12-14-26(23)31-28(22)29(24)25-10-4-6-20-8-5-15-30-27(20)25/h4,6,10-14,16-17H,3,5,7-9,15H2,1-2H3. The number of fused-ring (bicyclic) bond motifs is 5.